The minimum absolute atomic E-state index is 0.199. The van der Waals surface area contributed by atoms with Crippen LogP contribution in [0.1, 0.15) is 33.6 Å². The molecule has 0 spiro atoms. The van der Waals surface area contributed by atoms with E-state index in [1.54, 1.807) is 0 Å². The van der Waals surface area contributed by atoms with Crippen LogP contribution in [0.3, 0.4) is 0 Å². The van der Waals surface area contributed by atoms with Gasteiger partial charge in [-0.15, -0.1) is 0 Å². The van der Waals surface area contributed by atoms with Crippen LogP contribution in [0.4, 0.5) is 0 Å². The maximum Gasteiger partial charge on any atom is 0.191 e. The van der Waals surface area contributed by atoms with Gasteiger partial charge in [0.25, 0.3) is 0 Å². The van der Waals surface area contributed by atoms with Crippen LogP contribution in [0.2, 0.25) is 18.1 Å². The number of aliphatic hydroxyl groups excluding tert-OH is 1. The summed E-state index contributed by atoms with van der Waals surface area (Å²) in [6.07, 6.45) is 5.50. The molecule has 3 heteroatoms. The van der Waals surface area contributed by atoms with E-state index in [-0.39, 0.29) is 11.6 Å². The molecule has 0 aliphatic rings. The van der Waals surface area contributed by atoms with Gasteiger partial charge in [0.2, 0.25) is 0 Å². The molecule has 0 bridgehead atoms. The average Bonchev–Trinajstić information content (AvgIpc) is 2.16. The third-order valence-electron chi connectivity index (χ3n) is 3.34. The topological polar surface area (TPSA) is 29.5 Å². The minimum Gasteiger partial charge on any atom is -0.416 e. The fourth-order valence-electron chi connectivity index (χ4n) is 1.06. The van der Waals surface area contributed by atoms with Crippen LogP contribution in [0.25, 0.3) is 0 Å². The van der Waals surface area contributed by atoms with Crippen molar-refractivity contribution in [1.29, 1.82) is 0 Å². The highest BCUT2D eigenvalue weighted by atomic mass is 28.4. The Morgan fingerprint density at radius 1 is 1.35 bits per heavy atom. The first-order valence-electron chi connectivity index (χ1n) is 6.30. The van der Waals surface area contributed by atoms with Gasteiger partial charge in [-0.3, -0.25) is 0 Å². The normalized spacial score (nSPS) is 13.3. The highest BCUT2D eigenvalue weighted by Gasteiger charge is 2.36. The van der Waals surface area contributed by atoms with Crippen LogP contribution in [0.5, 0.6) is 0 Å². The maximum absolute atomic E-state index is 8.65. The number of hydrogen-bond donors (Lipinski definition) is 1. The highest BCUT2D eigenvalue weighted by Crippen LogP contribution is 2.36. The molecule has 0 aromatic heterocycles. The Labute approximate surface area is 108 Å². The molecule has 2 nitrogen and oxygen atoms in total. The van der Waals surface area contributed by atoms with Crippen LogP contribution in [-0.4, -0.2) is 26.6 Å². The smallest absolute Gasteiger partial charge is 0.191 e. The number of rotatable bonds is 7. The Morgan fingerprint density at radius 3 is 2.41 bits per heavy atom. The lowest BCUT2D eigenvalue weighted by molar-refractivity contribution is 0.292. The van der Waals surface area contributed by atoms with Crippen LogP contribution in [0.15, 0.2) is 24.3 Å². The van der Waals surface area contributed by atoms with Gasteiger partial charge in [0, 0.05) is 13.2 Å². The van der Waals surface area contributed by atoms with Gasteiger partial charge in [-0.2, -0.15) is 0 Å². The molecule has 0 aliphatic heterocycles. The van der Waals surface area contributed by atoms with Crippen molar-refractivity contribution in [3.8, 4) is 0 Å². The largest absolute Gasteiger partial charge is 0.416 e. The second kappa shape index (κ2) is 7.14. The molecular weight excluding hydrogens is 228 g/mol. The summed E-state index contributed by atoms with van der Waals surface area (Å²) in [7, 11) is -1.62. The Hall–Kier alpha value is -0.383. The van der Waals surface area contributed by atoms with Gasteiger partial charge < -0.3 is 9.53 Å². The van der Waals surface area contributed by atoms with Crippen LogP contribution in [-0.2, 0) is 4.43 Å². The van der Waals surface area contributed by atoms with Crippen molar-refractivity contribution >= 4 is 8.32 Å². The molecule has 0 atom stereocenters. The van der Waals surface area contributed by atoms with E-state index in [2.05, 4.69) is 40.4 Å². The molecule has 0 saturated heterocycles. The molecule has 100 valence electrons. The molecular formula is C14H28O2Si. The molecule has 0 aromatic carbocycles. The summed E-state index contributed by atoms with van der Waals surface area (Å²) in [5.74, 6) is 0. The Bertz CT molecular complexity index is 262. The van der Waals surface area contributed by atoms with E-state index in [0.717, 1.165) is 18.6 Å². The molecule has 0 fully saturated rings. The summed E-state index contributed by atoms with van der Waals surface area (Å²) in [6, 6.07) is 0. The fourth-order valence-corrected chi connectivity index (χ4v) is 2.11. The lowest BCUT2D eigenvalue weighted by atomic mass is 10.2. The molecule has 0 heterocycles. The van der Waals surface area contributed by atoms with E-state index in [1.807, 2.05) is 12.2 Å². The minimum atomic E-state index is -1.62. The van der Waals surface area contributed by atoms with Crippen molar-refractivity contribution in [3.05, 3.63) is 24.3 Å². The van der Waals surface area contributed by atoms with Crippen molar-refractivity contribution in [2.45, 2.75) is 51.7 Å². The molecule has 0 aromatic rings. The van der Waals surface area contributed by atoms with Gasteiger partial charge in [0.15, 0.2) is 8.32 Å². The van der Waals surface area contributed by atoms with Gasteiger partial charge in [-0.1, -0.05) is 45.1 Å². The fraction of sp³-hybridized carbons (Fsp3) is 0.714. The summed E-state index contributed by atoms with van der Waals surface area (Å²) in [6.45, 7) is 16.2. The maximum atomic E-state index is 8.65. The summed E-state index contributed by atoms with van der Waals surface area (Å²) in [5.41, 5.74) is 1.07. The molecule has 0 saturated carbocycles. The van der Waals surface area contributed by atoms with Gasteiger partial charge >= 0.3 is 0 Å². The molecule has 0 aliphatic carbocycles. The second-order valence-corrected chi connectivity index (χ2v) is 10.7. The van der Waals surface area contributed by atoms with Crippen LogP contribution >= 0.6 is 0 Å². The van der Waals surface area contributed by atoms with Gasteiger partial charge in [0.05, 0.1) is 0 Å². The van der Waals surface area contributed by atoms with Crippen LogP contribution < -0.4 is 0 Å². The van der Waals surface area contributed by atoms with E-state index in [9.17, 15) is 0 Å². The molecule has 0 rings (SSSR count). The van der Waals surface area contributed by atoms with E-state index < -0.39 is 8.32 Å². The van der Waals surface area contributed by atoms with Crippen LogP contribution in [0, 0.1) is 0 Å². The van der Waals surface area contributed by atoms with E-state index >= 15 is 0 Å². The summed E-state index contributed by atoms with van der Waals surface area (Å²) in [4.78, 5) is 0. The van der Waals surface area contributed by atoms with Crippen molar-refractivity contribution in [2.24, 2.45) is 0 Å². The van der Waals surface area contributed by atoms with E-state index in [4.69, 9.17) is 9.53 Å². The third-order valence-corrected chi connectivity index (χ3v) is 7.88. The van der Waals surface area contributed by atoms with Crippen molar-refractivity contribution in [2.75, 3.05) is 13.2 Å². The predicted molar refractivity (Wildman–Crippen MR) is 77.7 cm³/mol. The van der Waals surface area contributed by atoms with E-state index in [1.165, 1.54) is 0 Å². The number of aliphatic hydroxyl groups is 1. The van der Waals surface area contributed by atoms with Gasteiger partial charge in [0.1, 0.15) is 0 Å². The first-order chi connectivity index (χ1) is 7.70. The number of hydrogen-bond acceptors (Lipinski definition) is 2. The Kier molecular flexibility index (Phi) is 6.98. The zero-order valence-corrected chi connectivity index (χ0v) is 13.0. The van der Waals surface area contributed by atoms with E-state index in [0.29, 0.717) is 6.42 Å². The van der Waals surface area contributed by atoms with Crippen molar-refractivity contribution < 1.29 is 9.53 Å². The predicted octanol–water partition coefficient (Wildman–Crippen LogP) is 3.89. The SMILES string of the molecule is C=C(/C=C\CCO)CCO[Si](C)(C)C(C)(C)C. The standard InChI is InChI=1S/C14H28O2Si/c1-13(9-7-8-11-15)10-12-16-17(5,6)14(2,3)4/h7,9,15H,1,8,10-12H2,2-6H3/b9-7-. The zero-order valence-electron chi connectivity index (χ0n) is 12.0. The Morgan fingerprint density at radius 2 is 1.94 bits per heavy atom. The molecule has 1 N–H and O–H groups in total. The Balaban J connectivity index is 3.96. The highest BCUT2D eigenvalue weighted by molar-refractivity contribution is 6.74. The number of allylic oxidation sites excluding steroid dienone is 1. The second-order valence-electron chi connectivity index (χ2n) is 5.93. The molecule has 0 amide bonds. The lowest BCUT2D eigenvalue weighted by Crippen LogP contribution is -2.40. The summed E-state index contributed by atoms with van der Waals surface area (Å²) < 4.78 is 6.07. The zero-order chi connectivity index (χ0) is 13.5. The molecule has 0 radical (unpaired) electrons. The van der Waals surface area contributed by atoms with Crippen molar-refractivity contribution in [3.63, 3.8) is 0 Å². The monoisotopic (exact) mass is 256 g/mol. The third kappa shape index (κ3) is 6.81. The summed E-state index contributed by atoms with van der Waals surface area (Å²) in [5, 5.41) is 8.92. The van der Waals surface area contributed by atoms with Gasteiger partial charge in [-0.05, 0) is 31.0 Å². The summed E-state index contributed by atoms with van der Waals surface area (Å²) >= 11 is 0. The first kappa shape index (κ1) is 16.6. The van der Waals surface area contributed by atoms with Gasteiger partial charge in [-0.25, -0.2) is 0 Å². The molecule has 0 unspecified atom stereocenters. The molecule has 17 heavy (non-hydrogen) atoms. The average molecular weight is 256 g/mol. The lowest BCUT2D eigenvalue weighted by Gasteiger charge is -2.36. The van der Waals surface area contributed by atoms with Crippen molar-refractivity contribution in [1.82, 2.24) is 0 Å². The first-order valence-corrected chi connectivity index (χ1v) is 9.20. The quantitative estimate of drug-likeness (QED) is 0.553.